The predicted octanol–water partition coefficient (Wildman–Crippen LogP) is 11.9. The number of hydrogen-bond donors (Lipinski definition) is 0. The first-order valence-electron chi connectivity index (χ1n) is 11.0. The maximum absolute atomic E-state index is 5.58. The van der Waals surface area contributed by atoms with Crippen LogP contribution in [0.5, 0.6) is 0 Å². The Bertz CT molecular complexity index is 1630. The zero-order chi connectivity index (χ0) is 25.1. The minimum atomic E-state index is 0.929. The molecule has 0 atom stereocenters. The van der Waals surface area contributed by atoms with E-state index >= 15 is 0 Å². The fraction of sp³-hybridized carbons (Fsp3) is 0. The topological polar surface area (TPSA) is 13.1 Å². The molecule has 178 valence electrons. The molecule has 1 nitrogen and oxygen atoms in total. The molecular weight excluding hydrogens is 822 g/mol. The van der Waals surface area contributed by atoms with Crippen molar-refractivity contribution in [2.75, 3.05) is 0 Å². The molecule has 2 heterocycles. The van der Waals surface area contributed by atoms with Crippen molar-refractivity contribution in [3.05, 3.63) is 125 Å². The molecule has 0 amide bonds. The van der Waals surface area contributed by atoms with Crippen LogP contribution in [0.15, 0.2) is 122 Å². The van der Waals surface area contributed by atoms with Crippen molar-refractivity contribution < 1.29 is 4.42 Å². The summed E-state index contributed by atoms with van der Waals surface area (Å²) in [5.74, 6) is 0. The summed E-state index contributed by atoms with van der Waals surface area (Å²) in [6, 6.07) is 33.6. The average molecular weight is 840 g/mol. The Balaban J connectivity index is 0.000000149. The standard InChI is InChI=1S/C16H10BrIS.C14H8BrIO/c17-14-9-13(16-7-4-8-19-16)12(10-15(14)18)11-5-2-1-3-6-11;15-12-6-3-5-10(14(12)16)11-8-17-13-7-2-1-4-9(11)13/h1-10H;1-8H. The van der Waals surface area contributed by atoms with Crippen molar-refractivity contribution in [1.29, 1.82) is 0 Å². The van der Waals surface area contributed by atoms with Gasteiger partial charge in [0.2, 0.25) is 0 Å². The first-order valence-corrected chi connectivity index (χ1v) is 15.6. The lowest BCUT2D eigenvalue weighted by Gasteiger charge is -2.11. The molecule has 0 N–H and O–H groups in total. The van der Waals surface area contributed by atoms with Gasteiger partial charge in [-0.15, -0.1) is 11.3 Å². The molecule has 6 rings (SSSR count). The van der Waals surface area contributed by atoms with Gasteiger partial charge < -0.3 is 4.42 Å². The third-order valence-electron chi connectivity index (χ3n) is 5.65. The summed E-state index contributed by atoms with van der Waals surface area (Å²) in [6.07, 6.45) is 1.83. The second kappa shape index (κ2) is 11.9. The Morgan fingerprint density at radius 2 is 1.42 bits per heavy atom. The van der Waals surface area contributed by atoms with Crippen LogP contribution in [0.1, 0.15) is 0 Å². The lowest BCUT2D eigenvalue weighted by Crippen LogP contribution is -1.86. The third kappa shape index (κ3) is 5.67. The SMILES string of the molecule is Brc1cc(-c2cccs2)c(-c2ccccc2)cc1I.Brc1cccc(-c2coc3ccccc23)c1I. The lowest BCUT2D eigenvalue weighted by atomic mass is 9.99. The van der Waals surface area contributed by atoms with E-state index in [-0.39, 0.29) is 0 Å². The Kier molecular flexibility index (Phi) is 8.68. The number of para-hydroxylation sites is 1. The van der Waals surface area contributed by atoms with Crippen molar-refractivity contribution in [3.8, 4) is 32.7 Å². The second-order valence-electron chi connectivity index (χ2n) is 7.90. The minimum Gasteiger partial charge on any atom is -0.464 e. The molecule has 0 fully saturated rings. The number of fused-ring (bicyclic) bond motifs is 1. The fourth-order valence-corrected chi connectivity index (χ4v) is 6.52. The van der Waals surface area contributed by atoms with Gasteiger partial charge in [0.1, 0.15) is 5.58 Å². The van der Waals surface area contributed by atoms with Crippen LogP contribution >= 0.6 is 88.4 Å². The quantitative estimate of drug-likeness (QED) is 0.162. The van der Waals surface area contributed by atoms with Gasteiger partial charge in [-0.3, -0.25) is 0 Å². The summed E-state index contributed by atoms with van der Waals surface area (Å²) in [7, 11) is 0. The van der Waals surface area contributed by atoms with E-state index in [1.165, 1.54) is 34.3 Å². The fourth-order valence-electron chi connectivity index (χ4n) is 3.94. The maximum Gasteiger partial charge on any atom is 0.134 e. The molecule has 4 aromatic carbocycles. The minimum absolute atomic E-state index is 0.929. The summed E-state index contributed by atoms with van der Waals surface area (Å²) in [5, 5.41) is 3.28. The van der Waals surface area contributed by atoms with Gasteiger partial charge in [0.25, 0.3) is 0 Å². The van der Waals surface area contributed by atoms with Crippen LogP contribution in [0.3, 0.4) is 0 Å². The van der Waals surface area contributed by atoms with E-state index in [1.807, 2.05) is 36.6 Å². The summed E-state index contributed by atoms with van der Waals surface area (Å²) in [6.45, 7) is 0. The first kappa shape index (κ1) is 26.2. The van der Waals surface area contributed by atoms with Crippen LogP contribution in [-0.4, -0.2) is 0 Å². The summed E-state index contributed by atoms with van der Waals surface area (Å²) < 4.78 is 10.3. The van der Waals surface area contributed by atoms with E-state index in [2.05, 4.69) is 149 Å². The number of hydrogen-bond acceptors (Lipinski definition) is 2. The van der Waals surface area contributed by atoms with Crippen LogP contribution in [0.25, 0.3) is 43.7 Å². The largest absolute Gasteiger partial charge is 0.464 e. The van der Waals surface area contributed by atoms with Crippen molar-refractivity contribution in [1.82, 2.24) is 0 Å². The highest BCUT2D eigenvalue weighted by atomic mass is 127. The number of halogens is 4. The van der Waals surface area contributed by atoms with Crippen LogP contribution in [0, 0.1) is 7.14 Å². The van der Waals surface area contributed by atoms with Crippen molar-refractivity contribution >= 4 is 99.3 Å². The zero-order valence-corrected chi connectivity index (χ0v) is 27.0. The van der Waals surface area contributed by atoms with Crippen molar-refractivity contribution in [2.45, 2.75) is 0 Å². The molecule has 0 aliphatic heterocycles. The van der Waals surface area contributed by atoms with Gasteiger partial charge in [-0.1, -0.05) is 66.7 Å². The molecular formula is C30H18Br2I2OS. The van der Waals surface area contributed by atoms with Crippen LogP contribution < -0.4 is 0 Å². The highest BCUT2D eigenvalue weighted by molar-refractivity contribution is 14.1. The van der Waals surface area contributed by atoms with Crippen molar-refractivity contribution in [2.24, 2.45) is 0 Å². The zero-order valence-electron chi connectivity index (χ0n) is 18.7. The molecule has 0 saturated carbocycles. The van der Waals surface area contributed by atoms with Gasteiger partial charge in [0.05, 0.1) is 6.26 Å². The summed E-state index contributed by atoms with van der Waals surface area (Å²) in [5.41, 5.74) is 7.11. The Labute approximate surface area is 258 Å². The molecule has 0 aliphatic carbocycles. The molecule has 0 saturated heterocycles. The van der Waals surface area contributed by atoms with Crippen LogP contribution in [0.4, 0.5) is 0 Å². The van der Waals surface area contributed by atoms with Gasteiger partial charge >= 0.3 is 0 Å². The van der Waals surface area contributed by atoms with E-state index < -0.39 is 0 Å². The normalized spacial score (nSPS) is 10.8. The molecule has 6 aromatic rings. The van der Waals surface area contributed by atoms with E-state index in [0.717, 1.165) is 25.5 Å². The molecule has 0 aliphatic rings. The van der Waals surface area contributed by atoms with Gasteiger partial charge in [0.15, 0.2) is 0 Å². The molecule has 36 heavy (non-hydrogen) atoms. The number of benzene rings is 4. The number of rotatable bonds is 3. The van der Waals surface area contributed by atoms with Gasteiger partial charge in [0, 0.05) is 37.5 Å². The smallest absolute Gasteiger partial charge is 0.134 e. The molecule has 0 unspecified atom stereocenters. The molecule has 0 spiro atoms. The number of furan rings is 1. The molecule has 2 aromatic heterocycles. The van der Waals surface area contributed by atoms with E-state index in [9.17, 15) is 0 Å². The van der Waals surface area contributed by atoms with Crippen LogP contribution in [-0.2, 0) is 0 Å². The maximum atomic E-state index is 5.58. The summed E-state index contributed by atoms with van der Waals surface area (Å²) >= 11 is 13.7. The lowest BCUT2D eigenvalue weighted by molar-refractivity contribution is 0.617. The van der Waals surface area contributed by atoms with E-state index in [4.69, 9.17) is 4.42 Å². The van der Waals surface area contributed by atoms with Crippen molar-refractivity contribution in [3.63, 3.8) is 0 Å². The molecule has 0 bridgehead atoms. The molecule has 6 heteroatoms. The predicted molar refractivity (Wildman–Crippen MR) is 178 cm³/mol. The van der Waals surface area contributed by atoms with E-state index in [1.54, 1.807) is 11.3 Å². The van der Waals surface area contributed by atoms with Crippen LogP contribution in [0.2, 0.25) is 0 Å². The van der Waals surface area contributed by atoms with Gasteiger partial charge in [-0.05, 0) is 129 Å². The second-order valence-corrected chi connectivity index (χ2v) is 12.8. The average Bonchev–Trinajstić information content (AvgIpc) is 3.59. The number of thiophene rings is 1. The summed E-state index contributed by atoms with van der Waals surface area (Å²) in [4.78, 5) is 1.30. The first-order chi connectivity index (χ1) is 17.5. The Morgan fingerprint density at radius 3 is 2.19 bits per heavy atom. The highest BCUT2D eigenvalue weighted by Crippen LogP contribution is 2.39. The van der Waals surface area contributed by atoms with Gasteiger partial charge in [-0.25, -0.2) is 0 Å². The highest BCUT2D eigenvalue weighted by Gasteiger charge is 2.12. The Morgan fingerprint density at radius 1 is 0.639 bits per heavy atom. The third-order valence-corrected chi connectivity index (χ3v) is 11.4. The van der Waals surface area contributed by atoms with Gasteiger partial charge in [-0.2, -0.15) is 0 Å². The molecule has 0 radical (unpaired) electrons. The van der Waals surface area contributed by atoms with E-state index in [0.29, 0.717) is 0 Å². The monoisotopic (exact) mass is 838 g/mol. The Hall–Kier alpha value is -1.46.